The standard InChI is InChI=1S/C37H60N3O9P/c1-11-31-26(7)28(9)34(49-35(42)30-16-13-12-14-17-30)37(47-31)44-22-32-25(6)27(8)33(39-29(10)41)36(48-32)43-20-21-46-50(45-19-15-18-38)40(23(2)3)24(4)5/h12-14,16-17,23-28,31-34,36-37H,11,15,19-22H2,1-10H3,(H,39,41). The Morgan fingerprint density at radius 1 is 0.880 bits per heavy atom. The lowest BCUT2D eigenvalue weighted by Gasteiger charge is -2.46. The number of rotatable bonds is 18. The van der Waals surface area contributed by atoms with E-state index in [0.717, 1.165) is 6.42 Å². The molecule has 1 N–H and O–H groups in total. The Bertz CT molecular complexity index is 1210. The summed E-state index contributed by atoms with van der Waals surface area (Å²) in [5.41, 5.74) is 0.470. The Morgan fingerprint density at radius 2 is 1.50 bits per heavy atom. The van der Waals surface area contributed by atoms with Gasteiger partial charge >= 0.3 is 5.97 Å². The van der Waals surface area contributed by atoms with E-state index in [0.29, 0.717) is 5.56 Å². The number of ether oxygens (including phenoxy) is 5. The molecule has 0 aromatic heterocycles. The number of carbonyl (C=O) groups excluding carboxylic acids is 2. The number of amides is 1. The number of hydrogen-bond donors (Lipinski definition) is 1. The summed E-state index contributed by atoms with van der Waals surface area (Å²) < 4.78 is 46.1. The van der Waals surface area contributed by atoms with Crippen molar-refractivity contribution in [1.29, 1.82) is 5.26 Å². The van der Waals surface area contributed by atoms with Gasteiger partial charge in [-0.25, -0.2) is 9.46 Å². The molecule has 12 nitrogen and oxygen atoms in total. The zero-order valence-corrected chi connectivity index (χ0v) is 32.5. The van der Waals surface area contributed by atoms with Crippen LogP contribution < -0.4 is 5.32 Å². The van der Waals surface area contributed by atoms with Crippen LogP contribution in [0, 0.1) is 35.0 Å². The van der Waals surface area contributed by atoms with E-state index in [1.165, 1.54) is 6.92 Å². The number of nitriles is 1. The van der Waals surface area contributed by atoms with E-state index in [1.807, 2.05) is 6.07 Å². The van der Waals surface area contributed by atoms with Crippen molar-refractivity contribution in [2.75, 3.05) is 26.4 Å². The highest BCUT2D eigenvalue weighted by Crippen LogP contribution is 2.46. The maximum absolute atomic E-state index is 13.1. The van der Waals surface area contributed by atoms with Crippen LogP contribution in [0.15, 0.2) is 30.3 Å². The molecule has 0 spiro atoms. The van der Waals surface area contributed by atoms with Crippen molar-refractivity contribution in [3.63, 3.8) is 0 Å². The van der Waals surface area contributed by atoms with Gasteiger partial charge in [-0.15, -0.1) is 0 Å². The van der Waals surface area contributed by atoms with Crippen LogP contribution in [0.25, 0.3) is 0 Å². The number of benzene rings is 1. The fourth-order valence-corrected chi connectivity index (χ4v) is 8.21. The normalized spacial score (nSPS) is 30.6. The first kappa shape index (κ1) is 42.2. The first-order valence-corrected chi connectivity index (χ1v) is 19.2. The highest BCUT2D eigenvalue weighted by molar-refractivity contribution is 7.44. The van der Waals surface area contributed by atoms with Crippen LogP contribution in [0.4, 0.5) is 0 Å². The summed E-state index contributed by atoms with van der Waals surface area (Å²) in [7, 11) is -1.42. The number of carbonyl (C=O) groups is 2. The molecule has 2 saturated heterocycles. The van der Waals surface area contributed by atoms with E-state index in [9.17, 15) is 9.59 Å². The van der Waals surface area contributed by atoms with Crippen LogP contribution in [0.1, 0.15) is 92.4 Å². The first-order valence-electron chi connectivity index (χ1n) is 18.1. The van der Waals surface area contributed by atoms with E-state index in [2.05, 4.69) is 78.4 Å². The first-order chi connectivity index (χ1) is 23.8. The van der Waals surface area contributed by atoms with Crippen molar-refractivity contribution in [3.8, 4) is 6.07 Å². The molecule has 2 aliphatic rings. The van der Waals surface area contributed by atoms with Gasteiger partial charge in [-0.3, -0.25) is 4.79 Å². The Labute approximate surface area is 300 Å². The minimum Gasteiger partial charge on any atom is -0.453 e. The van der Waals surface area contributed by atoms with Crippen molar-refractivity contribution < 1.29 is 42.3 Å². The smallest absolute Gasteiger partial charge is 0.338 e. The second-order valence-electron chi connectivity index (χ2n) is 14.0. The fourth-order valence-electron chi connectivity index (χ4n) is 6.64. The number of esters is 1. The van der Waals surface area contributed by atoms with Gasteiger partial charge in [0.1, 0.15) is 0 Å². The predicted octanol–water partition coefficient (Wildman–Crippen LogP) is 6.45. The Morgan fingerprint density at radius 3 is 2.10 bits per heavy atom. The second kappa shape index (κ2) is 20.7. The molecule has 11 atom stereocenters. The van der Waals surface area contributed by atoms with E-state index in [4.69, 9.17) is 38.0 Å². The topological polar surface area (TPSA) is 138 Å². The fraction of sp³-hybridized carbons (Fsp3) is 0.757. The van der Waals surface area contributed by atoms with Gasteiger partial charge in [0.25, 0.3) is 8.53 Å². The number of nitrogens with zero attached hydrogens (tertiary/aromatic N) is 2. The van der Waals surface area contributed by atoms with Gasteiger partial charge in [-0.2, -0.15) is 5.26 Å². The molecule has 1 aromatic rings. The van der Waals surface area contributed by atoms with E-state index >= 15 is 0 Å². The van der Waals surface area contributed by atoms with Crippen LogP contribution in [0.2, 0.25) is 0 Å². The third-order valence-corrected chi connectivity index (χ3v) is 11.9. The van der Waals surface area contributed by atoms with Crippen molar-refractivity contribution in [2.45, 2.75) is 131 Å². The summed E-state index contributed by atoms with van der Waals surface area (Å²) in [5.74, 6) is -0.479. The van der Waals surface area contributed by atoms with Crippen molar-refractivity contribution in [3.05, 3.63) is 35.9 Å². The van der Waals surface area contributed by atoms with Crippen molar-refractivity contribution in [2.24, 2.45) is 23.7 Å². The number of hydrogen-bond acceptors (Lipinski definition) is 11. The number of nitrogens with one attached hydrogen (secondary N) is 1. The minimum absolute atomic E-state index is 0.00751. The average molecular weight is 722 g/mol. The van der Waals surface area contributed by atoms with Gasteiger partial charge in [0.05, 0.1) is 62.7 Å². The summed E-state index contributed by atoms with van der Waals surface area (Å²) in [4.78, 5) is 25.4. The summed E-state index contributed by atoms with van der Waals surface area (Å²) in [5, 5.41) is 12.0. The molecular formula is C37H60N3O9P. The molecule has 0 saturated carbocycles. The van der Waals surface area contributed by atoms with Crippen molar-refractivity contribution >= 4 is 20.4 Å². The third kappa shape index (κ3) is 11.7. The van der Waals surface area contributed by atoms with E-state index in [1.54, 1.807) is 24.3 Å². The Balaban J connectivity index is 1.71. The largest absolute Gasteiger partial charge is 0.453 e. The van der Waals surface area contributed by atoms with E-state index < -0.39 is 45.3 Å². The molecule has 13 heteroatoms. The van der Waals surface area contributed by atoms with Crippen LogP contribution in [-0.2, 0) is 37.5 Å². The quantitative estimate of drug-likeness (QED) is 0.102. The molecule has 11 unspecified atom stereocenters. The van der Waals surface area contributed by atoms with Gasteiger partial charge in [0.2, 0.25) is 5.91 Å². The van der Waals surface area contributed by atoms with E-state index in [-0.39, 0.29) is 80.6 Å². The van der Waals surface area contributed by atoms with Gasteiger partial charge < -0.3 is 38.0 Å². The van der Waals surface area contributed by atoms with Crippen molar-refractivity contribution in [1.82, 2.24) is 9.99 Å². The summed E-state index contributed by atoms with van der Waals surface area (Å²) >= 11 is 0. The average Bonchev–Trinajstić information content (AvgIpc) is 3.07. The Hall–Kier alpha value is -2.20. The maximum Gasteiger partial charge on any atom is 0.338 e. The lowest BCUT2D eigenvalue weighted by atomic mass is 9.81. The summed E-state index contributed by atoms with van der Waals surface area (Å²) in [6.07, 6.45) is -1.54. The van der Waals surface area contributed by atoms with Crippen LogP contribution in [0.3, 0.4) is 0 Å². The molecule has 1 aromatic carbocycles. The zero-order valence-electron chi connectivity index (χ0n) is 31.6. The summed E-state index contributed by atoms with van der Waals surface area (Å²) in [6.45, 7) is 21.1. The molecule has 2 aliphatic heterocycles. The molecule has 1 amide bonds. The highest BCUT2D eigenvalue weighted by atomic mass is 31.2. The molecular weight excluding hydrogens is 661 g/mol. The van der Waals surface area contributed by atoms with Gasteiger partial charge in [0.15, 0.2) is 18.7 Å². The van der Waals surface area contributed by atoms with Gasteiger partial charge in [-0.1, -0.05) is 52.8 Å². The molecule has 2 fully saturated rings. The predicted molar refractivity (Wildman–Crippen MR) is 191 cm³/mol. The van der Waals surface area contributed by atoms with Gasteiger partial charge in [0, 0.05) is 24.9 Å². The molecule has 0 aliphatic carbocycles. The lowest BCUT2D eigenvalue weighted by Crippen LogP contribution is -2.59. The lowest BCUT2D eigenvalue weighted by molar-refractivity contribution is -0.295. The SMILES string of the molecule is CCC1OC(OCC2OC(OCCOP(OCCC#N)N(C(C)C)C(C)C)C(NC(C)=O)C(C)C2C)C(OC(=O)c2ccccc2)C(C)C1C. The summed E-state index contributed by atoms with van der Waals surface area (Å²) in [6, 6.07) is 11.0. The van der Waals surface area contributed by atoms with Crippen LogP contribution >= 0.6 is 8.53 Å². The molecule has 0 radical (unpaired) electrons. The minimum atomic E-state index is -1.42. The van der Waals surface area contributed by atoms with Gasteiger partial charge in [-0.05, 0) is 64.0 Å². The highest BCUT2D eigenvalue weighted by Gasteiger charge is 2.46. The second-order valence-corrected chi connectivity index (χ2v) is 15.4. The van der Waals surface area contributed by atoms with Crippen LogP contribution in [0.5, 0.6) is 0 Å². The molecule has 282 valence electrons. The van der Waals surface area contributed by atoms with Crippen LogP contribution in [-0.4, -0.2) is 92.0 Å². The Kier molecular flexibility index (Phi) is 17.5. The third-order valence-electron chi connectivity index (χ3n) is 9.77. The molecule has 50 heavy (non-hydrogen) atoms. The molecule has 2 heterocycles. The monoisotopic (exact) mass is 721 g/mol. The maximum atomic E-state index is 13.1. The molecule has 3 rings (SSSR count). The molecule has 0 bridgehead atoms. The zero-order chi connectivity index (χ0) is 37.0.